The molecule has 1 aromatic carbocycles. The molecule has 0 aliphatic heterocycles. The second kappa shape index (κ2) is 15.4. The highest BCUT2D eigenvalue weighted by atomic mass is 16.5. The molecule has 1 heterocycles. The predicted octanol–water partition coefficient (Wildman–Crippen LogP) is 7.74. The van der Waals surface area contributed by atoms with Crippen molar-refractivity contribution in [2.75, 3.05) is 0 Å². The van der Waals surface area contributed by atoms with Crippen LogP contribution in [0, 0.1) is 0 Å². The fraction of sp³-hybridized carbons (Fsp3) is 0.556. The van der Waals surface area contributed by atoms with Crippen molar-refractivity contribution in [2.45, 2.75) is 96.8 Å². The summed E-state index contributed by atoms with van der Waals surface area (Å²) in [6.07, 6.45) is 21.1. The summed E-state index contributed by atoms with van der Waals surface area (Å²) >= 11 is 0. The molecule has 1 aromatic heterocycles. The van der Waals surface area contributed by atoms with Gasteiger partial charge < -0.3 is 9.15 Å². The lowest BCUT2D eigenvalue weighted by atomic mass is 10.1. The zero-order valence-corrected chi connectivity index (χ0v) is 19.1. The molecule has 0 amide bonds. The number of carbonyl (C=O) groups excluding carboxylic acids is 1. The van der Waals surface area contributed by atoms with E-state index >= 15 is 0 Å². The van der Waals surface area contributed by atoms with Gasteiger partial charge in [-0.3, -0.25) is 4.79 Å². The van der Waals surface area contributed by atoms with Gasteiger partial charge in [0.15, 0.2) is 0 Å². The lowest BCUT2D eigenvalue weighted by Gasteiger charge is -2.05. The number of hydrogen-bond acceptors (Lipinski definition) is 4. The zero-order valence-electron chi connectivity index (χ0n) is 19.1. The van der Waals surface area contributed by atoms with Crippen molar-refractivity contribution in [3.8, 4) is 5.75 Å². The van der Waals surface area contributed by atoms with Gasteiger partial charge >= 0.3 is 11.6 Å². The predicted molar refractivity (Wildman–Crippen MR) is 128 cm³/mol. The molecule has 0 aliphatic rings. The van der Waals surface area contributed by atoms with Crippen LogP contribution < -0.4 is 10.4 Å². The monoisotopic (exact) mass is 426 g/mol. The molecule has 0 bridgehead atoms. The van der Waals surface area contributed by atoms with Crippen LogP contribution in [0.1, 0.15) is 96.8 Å². The fourth-order valence-corrected chi connectivity index (χ4v) is 3.63. The van der Waals surface area contributed by atoms with Crippen molar-refractivity contribution in [1.29, 1.82) is 0 Å². The number of unbranched alkanes of at least 4 members (excludes halogenated alkanes) is 11. The number of carbonyl (C=O) groups is 1. The van der Waals surface area contributed by atoms with Crippen LogP contribution in [0.3, 0.4) is 0 Å². The zero-order chi connectivity index (χ0) is 22.2. The minimum Gasteiger partial charge on any atom is -0.426 e. The first-order valence-corrected chi connectivity index (χ1v) is 12.1. The molecule has 2 rings (SSSR count). The van der Waals surface area contributed by atoms with Crippen LogP contribution in [0.25, 0.3) is 11.0 Å². The number of benzene rings is 1. The van der Waals surface area contributed by atoms with Crippen molar-refractivity contribution in [2.24, 2.45) is 0 Å². The van der Waals surface area contributed by atoms with Crippen molar-refractivity contribution in [1.82, 2.24) is 0 Å². The van der Waals surface area contributed by atoms with Gasteiger partial charge in [0.1, 0.15) is 11.3 Å². The molecule has 0 saturated carbocycles. The fourth-order valence-electron chi connectivity index (χ4n) is 3.63. The molecule has 170 valence electrons. The van der Waals surface area contributed by atoms with Crippen LogP contribution in [0.2, 0.25) is 0 Å². The van der Waals surface area contributed by atoms with Crippen molar-refractivity contribution < 1.29 is 13.9 Å². The van der Waals surface area contributed by atoms with E-state index in [-0.39, 0.29) is 5.97 Å². The molecule has 4 heteroatoms. The summed E-state index contributed by atoms with van der Waals surface area (Å²) in [6, 6.07) is 8.16. The molecule has 2 aromatic rings. The van der Waals surface area contributed by atoms with E-state index in [1.165, 1.54) is 63.9 Å². The van der Waals surface area contributed by atoms with Crippen LogP contribution >= 0.6 is 0 Å². The number of hydrogen-bond donors (Lipinski definition) is 0. The first-order valence-electron chi connectivity index (χ1n) is 12.1. The summed E-state index contributed by atoms with van der Waals surface area (Å²) in [6.45, 7) is 2.26. The Morgan fingerprint density at radius 1 is 0.839 bits per heavy atom. The molecule has 4 nitrogen and oxygen atoms in total. The van der Waals surface area contributed by atoms with Crippen LogP contribution in [-0.2, 0) is 4.79 Å². The van der Waals surface area contributed by atoms with Crippen molar-refractivity contribution in [3.63, 3.8) is 0 Å². The second-order valence-electron chi connectivity index (χ2n) is 8.26. The Kier molecular flexibility index (Phi) is 12.4. The topological polar surface area (TPSA) is 56.5 Å². The maximum absolute atomic E-state index is 12.0. The van der Waals surface area contributed by atoms with Gasteiger partial charge in [0.2, 0.25) is 0 Å². The lowest BCUT2D eigenvalue weighted by Crippen LogP contribution is -2.07. The molecule has 31 heavy (non-hydrogen) atoms. The average Bonchev–Trinajstić information content (AvgIpc) is 2.76. The highest BCUT2D eigenvalue weighted by Gasteiger charge is 2.06. The lowest BCUT2D eigenvalue weighted by molar-refractivity contribution is -0.134. The summed E-state index contributed by atoms with van der Waals surface area (Å²) < 4.78 is 10.5. The summed E-state index contributed by atoms with van der Waals surface area (Å²) in [5.41, 5.74) is 0.0168. The Hall–Kier alpha value is -2.36. The number of rotatable bonds is 16. The highest BCUT2D eigenvalue weighted by Crippen LogP contribution is 2.20. The Balaban J connectivity index is 1.46. The van der Waals surface area contributed by atoms with E-state index in [1.807, 2.05) is 0 Å². The molecule has 0 aliphatic carbocycles. The third-order valence-corrected chi connectivity index (χ3v) is 5.47. The molecule has 0 N–H and O–H groups in total. The standard InChI is InChI=1S/C27H38O4/c1-2-3-4-5-6-7-8-9-10-11-12-13-14-15-16-17-26(28)30-24-20-18-23-19-21-27(29)31-25(23)22-24/h9-10,18-22H,2-8,11-17H2,1H3/b10-9-. The Morgan fingerprint density at radius 3 is 2.16 bits per heavy atom. The smallest absolute Gasteiger partial charge is 0.336 e. The SMILES string of the molecule is CCCCCCCC/C=C\CCCCCCCC(=O)Oc1ccc2ccc(=O)oc2c1. The molecule has 0 radical (unpaired) electrons. The van der Waals surface area contributed by atoms with Crippen molar-refractivity contribution >= 4 is 16.9 Å². The molecular weight excluding hydrogens is 388 g/mol. The van der Waals surface area contributed by atoms with Crippen LogP contribution in [0.4, 0.5) is 0 Å². The third-order valence-electron chi connectivity index (χ3n) is 5.47. The van der Waals surface area contributed by atoms with E-state index < -0.39 is 5.63 Å². The Bertz CT molecular complexity index is 850. The summed E-state index contributed by atoms with van der Waals surface area (Å²) in [5.74, 6) is 0.176. The summed E-state index contributed by atoms with van der Waals surface area (Å²) in [7, 11) is 0. The van der Waals surface area contributed by atoms with E-state index in [4.69, 9.17) is 9.15 Å². The maximum Gasteiger partial charge on any atom is 0.336 e. The molecular formula is C27H38O4. The average molecular weight is 427 g/mol. The highest BCUT2D eigenvalue weighted by molar-refractivity contribution is 5.79. The molecule has 0 atom stereocenters. The van der Waals surface area contributed by atoms with E-state index in [0.717, 1.165) is 31.1 Å². The molecule has 0 saturated heterocycles. The van der Waals surface area contributed by atoms with Crippen LogP contribution in [0.5, 0.6) is 5.75 Å². The first-order chi connectivity index (χ1) is 15.2. The Morgan fingerprint density at radius 2 is 1.45 bits per heavy atom. The van der Waals surface area contributed by atoms with Gasteiger partial charge in [0.25, 0.3) is 0 Å². The minimum absolute atomic E-state index is 0.241. The summed E-state index contributed by atoms with van der Waals surface area (Å²) in [4.78, 5) is 23.3. The maximum atomic E-state index is 12.0. The van der Waals surface area contributed by atoms with Crippen molar-refractivity contribution in [3.05, 3.63) is 52.9 Å². The van der Waals surface area contributed by atoms with Gasteiger partial charge in [0, 0.05) is 23.9 Å². The molecule has 0 fully saturated rings. The quantitative estimate of drug-likeness (QED) is 0.0905. The van der Waals surface area contributed by atoms with Gasteiger partial charge in [-0.15, -0.1) is 0 Å². The third kappa shape index (κ3) is 11.0. The Labute approximate surface area is 186 Å². The second-order valence-corrected chi connectivity index (χ2v) is 8.26. The van der Waals surface area contributed by atoms with E-state index in [2.05, 4.69) is 19.1 Å². The van der Waals surface area contributed by atoms with E-state index in [9.17, 15) is 9.59 Å². The largest absolute Gasteiger partial charge is 0.426 e. The van der Waals surface area contributed by atoms with Gasteiger partial charge in [-0.1, -0.05) is 70.4 Å². The number of fused-ring (bicyclic) bond motifs is 1. The van der Waals surface area contributed by atoms with Crippen LogP contribution in [-0.4, -0.2) is 5.97 Å². The normalized spacial score (nSPS) is 11.4. The minimum atomic E-state index is -0.413. The molecule has 0 unspecified atom stereocenters. The van der Waals surface area contributed by atoms with Gasteiger partial charge in [-0.2, -0.15) is 0 Å². The van der Waals surface area contributed by atoms with Gasteiger partial charge in [0.05, 0.1) is 0 Å². The number of allylic oxidation sites excluding steroid dienone is 2. The number of ether oxygens (including phenoxy) is 1. The number of esters is 1. The van der Waals surface area contributed by atoms with Crippen LogP contribution in [0.15, 0.2) is 51.7 Å². The van der Waals surface area contributed by atoms with Gasteiger partial charge in [-0.05, 0) is 50.3 Å². The van der Waals surface area contributed by atoms with Gasteiger partial charge in [-0.25, -0.2) is 4.79 Å². The van der Waals surface area contributed by atoms with E-state index in [0.29, 0.717) is 17.8 Å². The molecule has 0 spiro atoms. The first kappa shape index (κ1) is 24.9. The van der Waals surface area contributed by atoms with E-state index in [1.54, 1.807) is 24.3 Å². The summed E-state index contributed by atoms with van der Waals surface area (Å²) in [5, 5.41) is 0.802.